The lowest BCUT2D eigenvalue weighted by Crippen LogP contribution is -2.47. The van der Waals surface area contributed by atoms with E-state index in [9.17, 15) is 4.79 Å². The SMILES string of the molecule is Cl.O=C(NCCOC1CCCC1)C1CCCCN1. The highest BCUT2D eigenvalue weighted by Gasteiger charge is 2.20. The largest absolute Gasteiger partial charge is 0.376 e. The third-order valence-electron chi connectivity index (χ3n) is 3.68. The first-order chi connectivity index (χ1) is 8.36. The van der Waals surface area contributed by atoms with E-state index in [1.54, 1.807) is 0 Å². The molecule has 1 amide bonds. The molecule has 106 valence electrons. The van der Waals surface area contributed by atoms with Gasteiger partial charge in [-0.15, -0.1) is 12.4 Å². The minimum Gasteiger partial charge on any atom is -0.376 e. The van der Waals surface area contributed by atoms with E-state index in [1.165, 1.54) is 32.1 Å². The molecule has 0 bridgehead atoms. The van der Waals surface area contributed by atoms with Crippen molar-refractivity contribution in [3.05, 3.63) is 0 Å². The van der Waals surface area contributed by atoms with Crippen molar-refractivity contribution in [1.29, 1.82) is 0 Å². The first-order valence-corrected chi connectivity index (χ1v) is 6.99. The summed E-state index contributed by atoms with van der Waals surface area (Å²) >= 11 is 0. The Hall–Kier alpha value is -0.320. The Labute approximate surface area is 116 Å². The number of carbonyl (C=O) groups excluding carboxylic acids is 1. The van der Waals surface area contributed by atoms with Crippen LogP contribution in [0.2, 0.25) is 0 Å². The van der Waals surface area contributed by atoms with Gasteiger partial charge in [0.25, 0.3) is 0 Å². The normalized spacial score (nSPS) is 24.6. The molecule has 4 nitrogen and oxygen atoms in total. The van der Waals surface area contributed by atoms with Crippen LogP contribution in [-0.2, 0) is 9.53 Å². The highest BCUT2D eigenvalue weighted by atomic mass is 35.5. The maximum Gasteiger partial charge on any atom is 0.237 e. The first kappa shape index (κ1) is 15.7. The molecule has 1 unspecified atom stereocenters. The summed E-state index contributed by atoms with van der Waals surface area (Å²) in [7, 11) is 0. The Morgan fingerprint density at radius 1 is 1.17 bits per heavy atom. The minimum atomic E-state index is 0. The van der Waals surface area contributed by atoms with Gasteiger partial charge in [-0.2, -0.15) is 0 Å². The molecule has 0 radical (unpaired) electrons. The average Bonchev–Trinajstić information content (AvgIpc) is 2.88. The molecule has 18 heavy (non-hydrogen) atoms. The van der Waals surface area contributed by atoms with E-state index in [0.29, 0.717) is 19.3 Å². The Balaban J connectivity index is 0.00000162. The van der Waals surface area contributed by atoms with Crippen LogP contribution in [0.5, 0.6) is 0 Å². The van der Waals surface area contributed by atoms with Crippen molar-refractivity contribution in [3.8, 4) is 0 Å². The number of amides is 1. The van der Waals surface area contributed by atoms with E-state index in [2.05, 4.69) is 10.6 Å². The number of hydrogen-bond donors (Lipinski definition) is 2. The Morgan fingerprint density at radius 2 is 1.89 bits per heavy atom. The predicted octanol–water partition coefficient (Wildman–Crippen LogP) is 1.63. The fourth-order valence-electron chi connectivity index (χ4n) is 2.65. The van der Waals surface area contributed by atoms with Crippen molar-refractivity contribution < 1.29 is 9.53 Å². The topological polar surface area (TPSA) is 50.4 Å². The molecule has 0 aromatic rings. The van der Waals surface area contributed by atoms with Crippen molar-refractivity contribution >= 4 is 18.3 Å². The van der Waals surface area contributed by atoms with Crippen LogP contribution in [0.1, 0.15) is 44.9 Å². The highest BCUT2D eigenvalue weighted by molar-refractivity contribution is 5.85. The summed E-state index contributed by atoms with van der Waals surface area (Å²) in [4.78, 5) is 11.8. The summed E-state index contributed by atoms with van der Waals surface area (Å²) in [5.41, 5.74) is 0. The maximum atomic E-state index is 11.8. The number of halogens is 1. The zero-order valence-electron chi connectivity index (χ0n) is 11.0. The number of hydrogen-bond acceptors (Lipinski definition) is 3. The summed E-state index contributed by atoms with van der Waals surface area (Å²) < 4.78 is 5.71. The number of rotatable bonds is 5. The van der Waals surface area contributed by atoms with E-state index >= 15 is 0 Å². The standard InChI is InChI=1S/C13H24N2O2.ClH/c16-13(12-7-3-4-8-14-12)15-9-10-17-11-5-1-2-6-11;/h11-12,14H,1-10H2,(H,15,16);1H. The van der Waals surface area contributed by atoms with Gasteiger partial charge < -0.3 is 15.4 Å². The summed E-state index contributed by atoms with van der Waals surface area (Å²) in [6.45, 7) is 2.27. The monoisotopic (exact) mass is 276 g/mol. The highest BCUT2D eigenvalue weighted by Crippen LogP contribution is 2.20. The third kappa shape index (κ3) is 5.12. The molecule has 1 atom stereocenters. The van der Waals surface area contributed by atoms with Gasteiger partial charge in [-0.1, -0.05) is 19.3 Å². The van der Waals surface area contributed by atoms with Crippen molar-refractivity contribution in [2.24, 2.45) is 0 Å². The summed E-state index contributed by atoms with van der Waals surface area (Å²) in [5.74, 6) is 0.139. The van der Waals surface area contributed by atoms with E-state index < -0.39 is 0 Å². The van der Waals surface area contributed by atoms with Gasteiger partial charge in [-0.25, -0.2) is 0 Å². The van der Waals surface area contributed by atoms with Crippen LogP contribution in [0.3, 0.4) is 0 Å². The number of nitrogens with one attached hydrogen (secondary N) is 2. The van der Waals surface area contributed by atoms with Crippen LogP contribution in [0.4, 0.5) is 0 Å². The molecular weight excluding hydrogens is 252 g/mol. The van der Waals surface area contributed by atoms with Gasteiger partial charge >= 0.3 is 0 Å². The Kier molecular flexibility index (Phi) is 7.63. The molecule has 1 aliphatic heterocycles. The van der Waals surface area contributed by atoms with Crippen molar-refractivity contribution in [1.82, 2.24) is 10.6 Å². The van der Waals surface area contributed by atoms with Crippen LogP contribution in [0.25, 0.3) is 0 Å². The molecule has 2 N–H and O–H groups in total. The van der Waals surface area contributed by atoms with Crippen molar-refractivity contribution in [2.75, 3.05) is 19.7 Å². The van der Waals surface area contributed by atoms with Crippen LogP contribution in [-0.4, -0.2) is 37.7 Å². The molecule has 0 aromatic heterocycles. The number of carbonyl (C=O) groups is 1. The molecular formula is C13H25ClN2O2. The van der Waals surface area contributed by atoms with E-state index in [-0.39, 0.29) is 24.4 Å². The predicted molar refractivity (Wildman–Crippen MR) is 74.1 cm³/mol. The average molecular weight is 277 g/mol. The fraction of sp³-hybridized carbons (Fsp3) is 0.923. The Morgan fingerprint density at radius 3 is 2.56 bits per heavy atom. The summed E-state index contributed by atoms with van der Waals surface area (Å²) in [5, 5.41) is 6.20. The van der Waals surface area contributed by atoms with Gasteiger partial charge in [0.15, 0.2) is 0 Å². The molecule has 5 heteroatoms. The molecule has 0 aromatic carbocycles. The zero-order chi connectivity index (χ0) is 11.9. The quantitative estimate of drug-likeness (QED) is 0.751. The second kappa shape index (κ2) is 8.73. The van der Waals surface area contributed by atoms with Gasteiger partial charge in [0.1, 0.15) is 0 Å². The Bertz CT molecular complexity index is 239. The van der Waals surface area contributed by atoms with Crippen LogP contribution in [0, 0.1) is 0 Å². The minimum absolute atomic E-state index is 0. The van der Waals surface area contributed by atoms with Gasteiger partial charge in [-0.05, 0) is 32.2 Å². The third-order valence-corrected chi connectivity index (χ3v) is 3.68. The van der Waals surface area contributed by atoms with Crippen LogP contribution in [0.15, 0.2) is 0 Å². The van der Waals surface area contributed by atoms with Gasteiger partial charge in [0.05, 0.1) is 18.8 Å². The lowest BCUT2D eigenvalue weighted by molar-refractivity contribution is -0.124. The van der Waals surface area contributed by atoms with E-state index in [4.69, 9.17) is 4.74 Å². The molecule has 2 aliphatic rings. The molecule has 1 saturated heterocycles. The molecule has 2 rings (SSSR count). The number of piperidine rings is 1. The lowest BCUT2D eigenvalue weighted by Gasteiger charge is -2.22. The first-order valence-electron chi connectivity index (χ1n) is 6.99. The van der Waals surface area contributed by atoms with Gasteiger partial charge in [0.2, 0.25) is 5.91 Å². The second-order valence-corrected chi connectivity index (χ2v) is 5.07. The smallest absolute Gasteiger partial charge is 0.237 e. The second-order valence-electron chi connectivity index (χ2n) is 5.07. The van der Waals surface area contributed by atoms with Gasteiger partial charge in [-0.3, -0.25) is 4.79 Å². The maximum absolute atomic E-state index is 11.8. The number of ether oxygens (including phenoxy) is 1. The summed E-state index contributed by atoms with van der Waals surface area (Å²) in [6, 6.07) is 0.0234. The van der Waals surface area contributed by atoms with Crippen molar-refractivity contribution in [2.45, 2.75) is 57.1 Å². The van der Waals surface area contributed by atoms with Crippen LogP contribution < -0.4 is 10.6 Å². The summed E-state index contributed by atoms with van der Waals surface area (Å²) in [6.07, 6.45) is 8.73. The van der Waals surface area contributed by atoms with Crippen LogP contribution >= 0.6 is 12.4 Å². The molecule has 2 fully saturated rings. The molecule has 1 heterocycles. The van der Waals surface area contributed by atoms with Crippen molar-refractivity contribution in [3.63, 3.8) is 0 Å². The van der Waals surface area contributed by atoms with E-state index in [1.807, 2.05) is 0 Å². The molecule has 1 aliphatic carbocycles. The lowest BCUT2D eigenvalue weighted by atomic mass is 10.0. The zero-order valence-corrected chi connectivity index (χ0v) is 11.8. The molecule has 1 saturated carbocycles. The fourth-order valence-corrected chi connectivity index (χ4v) is 2.65. The molecule has 0 spiro atoms. The van der Waals surface area contributed by atoms with Gasteiger partial charge in [0, 0.05) is 6.54 Å². The van der Waals surface area contributed by atoms with E-state index in [0.717, 1.165) is 19.4 Å².